The molecule has 1 unspecified atom stereocenters. The third-order valence-electron chi connectivity index (χ3n) is 4.89. The summed E-state index contributed by atoms with van der Waals surface area (Å²) >= 11 is 0. The molecule has 1 atom stereocenters. The summed E-state index contributed by atoms with van der Waals surface area (Å²) in [6.07, 6.45) is -4.28. The zero-order valence-corrected chi connectivity index (χ0v) is 17.1. The minimum atomic E-state index is -5.30. The monoisotopic (exact) mass is 428 g/mol. The molecule has 164 valence electrons. The van der Waals surface area contributed by atoms with Crippen LogP contribution in [0.25, 0.3) is 0 Å². The van der Waals surface area contributed by atoms with Gasteiger partial charge in [-0.05, 0) is 31.5 Å². The van der Waals surface area contributed by atoms with Crippen LogP contribution in [-0.2, 0) is 14.3 Å². The fraction of sp³-hybridized carbons (Fsp3) is 0.450. The molecular weight excluding hydrogens is 405 g/mol. The Bertz CT molecular complexity index is 881. The topological polar surface area (TPSA) is 84.9 Å². The van der Waals surface area contributed by atoms with Crippen molar-refractivity contribution in [1.29, 1.82) is 0 Å². The number of carbonyl (C=O) groups excluding carboxylic acids is 3. The average Bonchev–Trinajstić information content (AvgIpc) is 2.92. The number of benzene rings is 1. The molecule has 0 saturated heterocycles. The molecule has 2 amide bonds. The van der Waals surface area contributed by atoms with E-state index < -0.39 is 35.1 Å². The van der Waals surface area contributed by atoms with Crippen LogP contribution in [-0.4, -0.2) is 55.2 Å². The van der Waals surface area contributed by atoms with Gasteiger partial charge in [-0.3, -0.25) is 9.59 Å². The summed E-state index contributed by atoms with van der Waals surface area (Å²) in [5, 5.41) is 1.78. The van der Waals surface area contributed by atoms with Crippen LogP contribution in [0, 0.1) is 0 Å². The maximum absolute atomic E-state index is 14.4. The highest BCUT2D eigenvalue weighted by Crippen LogP contribution is 2.45. The molecule has 0 spiro atoms. The van der Waals surface area contributed by atoms with Gasteiger partial charge in [-0.1, -0.05) is 19.4 Å². The number of methoxy groups -OCH3 is 2. The third-order valence-corrected chi connectivity index (χ3v) is 4.89. The van der Waals surface area contributed by atoms with Crippen molar-refractivity contribution in [2.24, 2.45) is 0 Å². The molecule has 10 heteroatoms. The number of nitrogens with zero attached hydrogens (tertiary/aromatic N) is 1. The number of rotatable bonds is 7. The molecule has 0 aromatic heterocycles. The smallest absolute Gasteiger partial charge is 0.425 e. The van der Waals surface area contributed by atoms with Crippen molar-refractivity contribution in [3.05, 3.63) is 41.1 Å². The second-order valence-corrected chi connectivity index (χ2v) is 6.70. The molecule has 1 aliphatic heterocycles. The number of halogens is 3. The van der Waals surface area contributed by atoms with Gasteiger partial charge in [-0.2, -0.15) is 13.2 Å². The molecular formula is C20H23F3N2O5. The summed E-state index contributed by atoms with van der Waals surface area (Å²) in [5.41, 5.74) is -4.88. The van der Waals surface area contributed by atoms with Crippen molar-refractivity contribution in [3.8, 4) is 5.75 Å². The Balaban J connectivity index is 2.63. The molecule has 1 aromatic rings. The van der Waals surface area contributed by atoms with Crippen molar-refractivity contribution in [1.82, 2.24) is 10.2 Å². The van der Waals surface area contributed by atoms with Crippen LogP contribution in [0.5, 0.6) is 5.75 Å². The maximum atomic E-state index is 14.4. The van der Waals surface area contributed by atoms with Gasteiger partial charge in [-0.25, -0.2) is 4.79 Å². The highest BCUT2D eigenvalue weighted by molar-refractivity contribution is 6.11. The molecule has 0 saturated carbocycles. The summed E-state index contributed by atoms with van der Waals surface area (Å²) in [6, 6.07) is 5.42. The molecule has 0 bridgehead atoms. The Hall–Kier alpha value is -3.04. The summed E-state index contributed by atoms with van der Waals surface area (Å²) in [4.78, 5) is 39.0. The first-order valence-electron chi connectivity index (χ1n) is 9.20. The van der Waals surface area contributed by atoms with Crippen LogP contribution in [0.1, 0.15) is 37.0 Å². The number of amides is 2. The van der Waals surface area contributed by atoms with Crippen molar-refractivity contribution < 1.29 is 37.0 Å². The number of unbranched alkanes of at least 4 members (excludes halogenated alkanes) is 1. The predicted molar refractivity (Wildman–Crippen MR) is 101 cm³/mol. The highest BCUT2D eigenvalue weighted by Gasteiger charge is 2.70. The van der Waals surface area contributed by atoms with Gasteiger partial charge in [0.05, 0.1) is 14.2 Å². The summed E-state index contributed by atoms with van der Waals surface area (Å²) in [6.45, 7) is 3.00. The molecule has 0 radical (unpaired) electrons. The zero-order chi connectivity index (χ0) is 22.7. The molecule has 30 heavy (non-hydrogen) atoms. The van der Waals surface area contributed by atoms with Crippen LogP contribution in [0.15, 0.2) is 35.5 Å². The van der Waals surface area contributed by atoms with Gasteiger partial charge < -0.3 is 19.7 Å². The molecule has 0 aliphatic carbocycles. The SMILES string of the molecule is CCCCN1C(=O)C(NC(=O)c2cccc(OC)c2)(C(F)(F)F)C(C(=O)OC)=C1C. The Morgan fingerprint density at radius 2 is 1.90 bits per heavy atom. The fourth-order valence-electron chi connectivity index (χ4n) is 3.31. The van der Waals surface area contributed by atoms with Gasteiger partial charge in [0.15, 0.2) is 0 Å². The third kappa shape index (κ3) is 3.86. The minimum Gasteiger partial charge on any atom is -0.497 e. The van der Waals surface area contributed by atoms with Crippen molar-refractivity contribution in [3.63, 3.8) is 0 Å². The maximum Gasteiger partial charge on any atom is 0.425 e. The Labute approximate surface area is 171 Å². The van der Waals surface area contributed by atoms with E-state index in [0.29, 0.717) is 12.8 Å². The molecule has 1 heterocycles. The molecule has 1 aliphatic rings. The lowest BCUT2D eigenvalue weighted by Gasteiger charge is -2.33. The van der Waals surface area contributed by atoms with Crippen LogP contribution in [0.2, 0.25) is 0 Å². The number of ether oxygens (including phenoxy) is 2. The van der Waals surface area contributed by atoms with Gasteiger partial charge in [0.2, 0.25) is 0 Å². The number of esters is 1. The van der Waals surface area contributed by atoms with E-state index in [0.717, 1.165) is 12.0 Å². The van der Waals surface area contributed by atoms with Crippen LogP contribution in [0.3, 0.4) is 0 Å². The Kier molecular flexibility index (Phi) is 6.79. The van der Waals surface area contributed by atoms with E-state index in [9.17, 15) is 27.6 Å². The lowest BCUT2D eigenvalue weighted by Crippen LogP contribution is -2.66. The Morgan fingerprint density at radius 1 is 1.23 bits per heavy atom. The lowest BCUT2D eigenvalue weighted by atomic mass is 9.88. The first-order chi connectivity index (χ1) is 14.0. The minimum absolute atomic E-state index is 0.0332. The van der Waals surface area contributed by atoms with Crippen molar-refractivity contribution in [2.75, 3.05) is 20.8 Å². The van der Waals surface area contributed by atoms with Crippen molar-refractivity contribution >= 4 is 17.8 Å². The Morgan fingerprint density at radius 3 is 2.43 bits per heavy atom. The number of hydrogen-bond acceptors (Lipinski definition) is 5. The largest absolute Gasteiger partial charge is 0.497 e. The van der Waals surface area contributed by atoms with Gasteiger partial charge >= 0.3 is 12.1 Å². The predicted octanol–water partition coefficient (Wildman–Crippen LogP) is 2.82. The van der Waals surface area contributed by atoms with Gasteiger partial charge in [0, 0.05) is 17.8 Å². The number of carbonyl (C=O) groups is 3. The van der Waals surface area contributed by atoms with Gasteiger partial charge in [-0.15, -0.1) is 0 Å². The van der Waals surface area contributed by atoms with E-state index in [4.69, 9.17) is 4.74 Å². The lowest BCUT2D eigenvalue weighted by molar-refractivity contribution is -0.192. The molecule has 2 rings (SSSR count). The fourth-order valence-corrected chi connectivity index (χ4v) is 3.31. The quantitative estimate of drug-likeness (QED) is 0.675. The zero-order valence-electron chi connectivity index (χ0n) is 17.1. The van der Waals surface area contributed by atoms with E-state index in [1.807, 2.05) is 6.92 Å². The molecule has 1 N–H and O–H groups in total. The summed E-state index contributed by atoms with van der Waals surface area (Å²) in [7, 11) is 2.24. The normalized spacial score (nSPS) is 19.2. The van der Waals surface area contributed by atoms with Crippen LogP contribution in [0.4, 0.5) is 13.2 Å². The molecule has 0 fully saturated rings. The summed E-state index contributed by atoms with van der Waals surface area (Å²) < 4.78 is 52.6. The van der Waals surface area contributed by atoms with Gasteiger partial charge in [0.1, 0.15) is 11.3 Å². The van der Waals surface area contributed by atoms with E-state index in [-0.39, 0.29) is 23.6 Å². The number of hydrogen-bond donors (Lipinski definition) is 1. The summed E-state index contributed by atoms with van der Waals surface area (Å²) in [5.74, 6) is -3.74. The second-order valence-electron chi connectivity index (χ2n) is 6.70. The number of alkyl halides is 3. The average molecular weight is 428 g/mol. The van der Waals surface area contributed by atoms with Crippen LogP contribution >= 0.6 is 0 Å². The molecule has 1 aromatic carbocycles. The highest BCUT2D eigenvalue weighted by atomic mass is 19.4. The van der Waals surface area contributed by atoms with E-state index >= 15 is 0 Å². The number of nitrogens with one attached hydrogen (secondary N) is 1. The number of allylic oxidation sites excluding steroid dienone is 1. The van der Waals surface area contributed by atoms with Crippen molar-refractivity contribution in [2.45, 2.75) is 38.4 Å². The van der Waals surface area contributed by atoms with E-state index in [1.165, 1.54) is 38.3 Å². The first-order valence-corrected chi connectivity index (χ1v) is 9.20. The standard InChI is InChI=1S/C20H23F3N2O5/c1-5-6-10-25-12(2)15(17(27)30-4)19(18(25)28,20(21,22)23)24-16(26)13-8-7-9-14(11-13)29-3/h7-9,11H,5-6,10H2,1-4H3,(H,24,26). The van der Waals surface area contributed by atoms with E-state index in [1.54, 1.807) is 5.32 Å². The first kappa shape index (κ1) is 23.2. The van der Waals surface area contributed by atoms with E-state index in [2.05, 4.69) is 4.74 Å². The van der Waals surface area contributed by atoms with Crippen LogP contribution < -0.4 is 10.1 Å². The van der Waals surface area contributed by atoms with Gasteiger partial charge in [0.25, 0.3) is 17.4 Å². The molecule has 7 nitrogen and oxygen atoms in total. The second kappa shape index (κ2) is 8.76.